The number of thiazole rings is 1. The number of amides is 1. The summed E-state index contributed by atoms with van der Waals surface area (Å²) in [6.45, 7) is 2.25. The molecule has 0 aromatic carbocycles. The average molecular weight is 234 g/mol. The van der Waals surface area contributed by atoms with Crippen LogP contribution in [0.4, 0.5) is 0 Å². The van der Waals surface area contributed by atoms with E-state index in [1.807, 2.05) is 6.92 Å². The monoisotopic (exact) mass is 234 g/mol. The highest BCUT2D eigenvalue weighted by Gasteiger charge is 2.06. The van der Waals surface area contributed by atoms with Crippen LogP contribution >= 0.6 is 11.3 Å². The lowest BCUT2D eigenvalue weighted by molar-refractivity contribution is 0.0954. The molecule has 0 aliphatic rings. The van der Waals surface area contributed by atoms with Crippen LogP contribution in [-0.2, 0) is 6.54 Å². The van der Waals surface area contributed by atoms with Gasteiger partial charge in [0.05, 0.1) is 35.8 Å². The second-order valence-electron chi connectivity index (χ2n) is 3.20. The van der Waals surface area contributed by atoms with Crippen molar-refractivity contribution < 1.29 is 4.79 Å². The number of aryl methyl sites for hydroxylation is 1. The van der Waals surface area contributed by atoms with E-state index in [2.05, 4.69) is 20.3 Å². The Labute approximate surface area is 96.6 Å². The standard InChI is InChI=1S/C10H10N4OS/c1-7-2-13-8(3-12-7)4-14-10(15)9-5-11-6-16-9/h2-3,5-6H,4H2,1H3,(H,14,15). The molecular formula is C10H10N4OS. The van der Waals surface area contributed by atoms with Crippen LogP contribution in [0.5, 0.6) is 0 Å². The summed E-state index contributed by atoms with van der Waals surface area (Å²) < 4.78 is 0. The van der Waals surface area contributed by atoms with Crippen molar-refractivity contribution in [2.45, 2.75) is 13.5 Å². The van der Waals surface area contributed by atoms with E-state index in [9.17, 15) is 4.79 Å². The molecule has 0 aliphatic carbocycles. The SMILES string of the molecule is Cc1cnc(CNC(=O)c2cncs2)cn1. The highest BCUT2D eigenvalue weighted by molar-refractivity contribution is 7.11. The zero-order valence-electron chi connectivity index (χ0n) is 8.67. The van der Waals surface area contributed by atoms with Gasteiger partial charge in [0.2, 0.25) is 0 Å². The molecule has 1 N–H and O–H groups in total. The Morgan fingerprint density at radius 2 is 2.25 bits per heavy atom. The molecule has 6 heteroatoms. The van der Waals surface area contributed by atoms with Gasteiger partial charge in [-0.05, 0) is 6.92 Å². The smallest absolute Gasteiger partial charge is 0.263 e. The van der Waals surface area contributed by atoms with Crippen LogP contribution in [0.1, 0.15) is 21.1 Å². The van der Waals surface area contributed by atoms with Gasteiger partial charge in [-0.2, -0.15) is 0 Å². The summed E-state index contributed by atoms with van der Waals surface area (Å²) in [6.07, 6.45) is 4.87. The lowest BCUT2D eigenvalue weighted by Crippen LogP contribution is -2.22. The predicted molar refractivity (Wildman–Crippen MR) is 60.1 cm³/mol. The summed E-state index contributed by atoms with van der Waals surface area (Å²) in [4.78, 5) is 24.2. The first-order valence-corrected chi connectivity index (χ1v) is 5.58. The van der Waals surface area contributed by atoms with Crippen molar-refractivity contribution in [3.63, 3.8) is 0 Å². The van der Waals surface area contributed by atoms with Gasteiger partial charge < -0.3 is 5.32 Å². The molecule has 16 heavy (non-hydrogen) atoms. The lowest BCUT2D eigenvalue weighted by atomic mass is 10.4. The van der Waals surface area contributed by atoms with E-state index < -0.39 is 0 Å². The van der Waals surface area contributed by atoms with Gasteiger partial charge in [-0.3, -0.25) is 19.7 Å². The maximum atomic E-state index is 11.6. The van der Waals surface area contributed by atoms with E-state index in [0.29, 0.717) is 11.4 Å². The zero-order valence-corrected chi connectivity index (χ0v) is 9.49. The van der Waals surface area contributed by atoms with Crippen molar-refractivity contribution in [2.75, 3.05) is 0 Å². The van der Waals surface area contributed by atoms with E-state index in [1.165, 1.54) is 11.3 Å². The minimum Gasteiger partial charge on any atom is -0.346 e. The molecule has 0 radical (unpaired) electrons. The van der Waals surface area contributed by atoms with Gasteiger partial charge in [0.1, 0.15) is 4.88 Å². The van der Waals surface area contributed by atoms with E-state index in [0.717, 1.165) is 11.4 Å². The number of nitrogens with zero attached hydrogens (tertiary/aromatic N) is 3. The van der Waals surface area contributed by atoms with Crippen molar-refractivity contribution in [3.8, 4) is 0 Å². The summed E-state index contributed by atoms with van der Waals surface area (Å²) in [5.41, 5.74) is 3.22. The number of carbonyl (C=O) groups excluding carboxylic acids is 1. The highest BCUT2D eigenvalue weighted by Crippen LogP contribution is 2.05. The summed E-state index contributed by atoms with van der Waals surface area (Å²) in [5.74, 6) is -0.134. The van der Waals surface area contributed by atoms with Crippen molar-refractivity contribution in [3.05, 3.63) is 40.4 Å². The Morgan fingerprint density at radius 1 is 1.38 bits per heavy atom. The number of carbonyl (C=O) groups is 1. The van der Waals surface area contributed by atoms with Crippen LogP contribution in [0, 0.1) is 6.92 Å². The molecule has 2 heterocycles. The first-order valence-electron chi connectivity index (χ1n) is 4.70. The second kappa shape index (κ2) is 4.80. The molecule has 0 atom stereocenters. The quantitative estimate of drug-likeness (QED) is 0.865. The number of nitrogens with one attached hydrogen (secondary N) is 1. The first-order chi connectivity index (χ1) is 7.75. The number of hydrogen-bond acceptors (Lipinski definition) is 5. The summed E-state index contributed by atoms with van der Waals surface area (Å²) >= 11 is 1.31. The van der Waals surface area contributed by atoms with Gasteiger partial charge in [-0.1, -0.05) is 0 Å². The molecule has 82 valence electrons. The molecule has 2 aromatic rings. The van der Waals surface area contributed by atoms with Crippen LogP contribution in [0.3, 0.4) is 0 Å². The Morgan fingerprint density at radius 3 is 2.88 bits per heavy atom. The van der Waals surface area contributed by atoms with Crippen LogP contribution in [0.2, 0.25) is 0 Å². The normalized spacial score (nSPS) is 10.1. The van der Waals surface area contributed by atoms with Gasteiger partial charge in [-0.15, -0.1) is 11.3 Å². The van der Waals surface area contributed by atoms with E-state index in [1.54, 1.807) is 24.1 Å². The third-order valence-electron chi connectivity index (χ3n) is 1.92. The summed E-state index contributed by atoms with van der Waals surface area (Å²) in [7, 11) is 0. The molecule has 0 saturated carbocycles. The highest BCUT2D eigenvalue weighted by atomic mass is 32.1. The fourth-order valence-corrected chi connectivity index (χ4v) is 1.63. The molecule has 0 aliphatic heterocycles. The Kier molecular flexibility index (Phi) is 3.21. The first kappa shape index (κ1) is 10.7. The molecule has 0 saturated heterocycles. The van der Waals surface area contributed by atoms with E-state index >= 15 is 0 Å². The zero-order chi connectivity index (χ0) is 11.4. The molecule has 0 spiro atoms. The number of aromatic nitrogens is 3. The fraction of sp³-hybridized carbons (Fsp3) is 0.200. The predicted octanol–water partition coefficient (Wildman–Crippen LogP) is 1.17. The minimum atomic E-state index is -0.134. The van der Waals surface area contributed by atoms with Gasteiger partial charge in [0.15, 0.2) is 0 Å². The van der Waals surface area contributed by atoms with Crippen molar-refractivity contribution in [1.82, 2.24) is 20.3 Å². The average Bonchev–Trinajstić information content (AvgIpc) is 2.81. The topological polar surface area (TPSA) is 67.8 Å². The molecule has 0 unspecified atom stereocenters. The molecule has 5 nitrogen and oxygen atoms in total. The maximum Gasteiger partial charge on any atom is 0.263 e. The Balaban J connectivity index is 1.93. The molecule has 0 fully saturated rings. The third-order valence-corrected chi connectivity index (χ3v) is 2.69. The Hall–Kier alpha value is -1.82. The third kappa shape index (κ3) is 2.60. The molecular weight excluding hydrogens is 224 g/mol. The second-order valence-corrected chi connectivity index (χ2v) is 4.08. The maximum absolute atomic E-state index is 11.6. The van der Waals surface area contributed by atoms with E-state index in [4.69, 9.17) is 0 Å². The largest absolute Gasteiger partial charge is 0.346 e. The van der Waals surface area contributed by atoms with Crippen molar-refractivity contribution in [1.29, 1.82) is 0 Å². The van der Waals surface area contributed by atoms with Crippen molar-refractivity contribution >= 4 is 17.2 Å². The molecule has 2 rings (SSSR count). The van der Waals surface area contributed by atoms with Crippen LogP contribution in [-0.4, -0.2) is 20.9 Å². The van der Waals surface area contributed by atoms with Crippen LogP contribution in [0.15, 0.2) is 24.1 Å². The van der Waals surface area contributed by atoms with Gasteiger partial charge in [0, 0.05) is 6.20 Å². The van der Waals surface area contributed by atoms with Crippen molar-refractivity contribution in [2.24, 2.45) is 0 Å². The van der Waals surface area contributed by atoms with Gasteiger partial charge >= 0.3 is 0 Å². The van der Waals surface area contributed by atoms with Crippen LogP contribution in [0.25, 0.3) is 0 Å². The minimum absolute atomic E-state index is 0.134. The Bertz CT molecular complexity index is 466. The van der Waals surface area contributed by atoms with Crippen LogP contribution < -0.4 is 5.32 Å². The number of hydrogen-bond donors (Lipinski definition) is 1. The lowest BCUT2D eigenvalue weighted by Gasteiger charge is -2.02. The van der Waals surface area contributed by atoms with E-state index in [-0.39, 0.29) is 5.91 Å². The fourth-order valence-electron chi connectivity index (χ4n) is 1.10. The molecule has 2 aromatic heterocycles. The van der Waals surface area contributed by atoms with Gasteiger partial charge in [-0.25, -0.2) is 0 Å². The molecule has 1 amide bonds. The molecule has 0 bridgehead atoms. The van der Waals surface area contributed by atoms with Gasteiger partial charge in [0.25, 0.3) is 5.91 Å². The summed E-state index contributed by atoms with van der Waals surface area (Å²) in [6, 6.07) is 0. The summed E-state index contributed by atoms with van der Waals surface area (Å²) in [5, 5.41) is 2.75. The number of rotatable bonds is 3.